The van der Waals surface area contributed by atoms with Gasteiger partial charge < -0.3 is 15.0 Å². The molecule has 0 spiro atoms. The van der Waals surface area contributed by atoms with Crippen molar-refractivity contribution in [3.8, 4) is 11.4 Å². The molecule has 0 radical (unpaired) electrons. The second-order valence-corrected chi connectivity index (χ2v) is 9.12. The number of ether oxygens (including phenoxy) is 1. The first-order valence-corrected chi connectivity index (χ1v) is 12.0. The summed E-state index contributed by atoms with van der Waals surface area (Å²) in [6, 6.07) is 11.8. The summed E-state index contributed by atoms with van der Waals surface area (Å²) in [5.74, 6) is -0.0202. The molecule has 6 nitrogen and oxygen atoms in total. The van der Waals surface area contributed by atoms with E-state index < -0.39 is 17.3 Å². The molecule has 0 saturated carbocycles. The number of hydrogen-bond acceptors (Lipinski definition) is 5. The quantitative estimate of drug-likeness (QED) is 0.483. The van der Waals surface area contributed by atoms with Crippen LogP contribution in [0.5, 0.6) is 0 Å². The van der Waals surface area contributed by atoms with E-state index in [-0.39, 0.29) is 29.2 Å². The van der Waals surface area contributed by atoms with E-state index in [1.807, 2.05) is 38.1 Å². The fourth-order valence-corrected chi connectivity index (χ4v) is 4.78. The number of fused-ring (bicyclic) bond motifs is 1. The number of nitrogens with one attached hydrogen (secondary N) is 1. The molecule has 192 valence electrons. The Morgan fingerprint density at radius 3 is 2.53 bits per heavy atom. The summed E-state index contributed by atoms with van der Waals surface area (Å²) in [5.41, 5.74) is 1.90. The largest absolute Gasteiger partial charge is 0.417 e. The van der Waals surface area contributed by atoms with E-state index in [0.29, 0.717) is 30.8 Å². The fourth-order valence-electron chi connectivity index (χ4n) is 4.78. The number of anilines is 2. The van der Waals surface area contributed by atoms with E-state index in [1.54, 1.807) is 25.1 Å². The van der Waals surface area contributed by atoms with Crippen LogP contribution in [-0.2, 0) is 30.8 Å². The van der Waals surface area contributed by atoms with Crippen LogP contribution in [0.4, 0.5) is 24.5 Å². The van der Waals surface area contributed by atoms with Crippen LogP contribution >= 0.6 is 0 Å². The average molecular weight is 501 g/mol. The van der Waals surface area contributed by atoms with Crippen LogP contribution in [0.1, 0.15) is 42.3 Å². The van der Waals surface area contributed by atoms with E-state index in [9.17, 15) is 18.0 Å². The van der Waals surface area contributed by atoms with Gasteiger partial charge in [0.05, 0.1) is 23.4 Å². The van der Waals surface area contributed by atoms with Crippen LogP contribution in [0.2, 0.25) is 0 Å². The number of benzene rings is 2. The first-order chi connectivity index (χ1) is 17.1. The maximum Gasteiger partial charge on any atom is 0.417 e. The van der Waals surface area contributed by atoms with Gasteiger partial charge in [-0.15, -0.1) is 0 Å². The monoisotopic (exact) mass is 500 g/mol. The Morgan fingerprint density at radius 1 is 1.17 bits per heavy atom. The minimum absolute atomic E-state index is 0.0202. The van der Waals surface area contributed by atoms with Gasteiger partial charge in [-0.3, -0.25) is 9.36 Å². The van der Waals surface area contributed by atoms with Crippen molar-refractivity contribution in [3.05, 3.63) is 75.2 Å². The lowest BCUT2D eigenvalue weighted by Crippen LogP contribution is -2.31. The first kappa shape index (κ1) is 25.8. The molecule has 1 aliphatic rings. The average Bonchev–Trinajstić information content (AvgIpc) is 3.18. The van der Waals surface area contributed by atoms with Gasteiger partial charge in [-0.1, -0.05) is 31.2 Å². The fraction of sp³-hybridized carbons (Fsp3) is 0.407. The van der Waals surface area contributed by atoms with Crippen molar-refractivity contribution in [1.82, 2.24) is 9.55 Å². The van der Waals surface area contributed by atoms with Gasteiger partial charge in [0.1, 0.15) is 11.5 Å². The number of nitrogens with zero attached hydrogens (tertiary/aromatic N) is 3. The number of alkyl halides is 3. The molecule has 1 aromatic heterocycles. The van der Waals surface area contributed by atoms with Gasteiger partial charge in [-0.25, -0.2) is 4.98 Å². The van der Waals surface area contributed by atoms with Gasteiger partial charge in [-0.05, 0) is 42.7 Å². The van der Waals surface area contributed by atoms with E-state index in [4.69, 9.17) is 4.74 Å². The van der Waals surface area contributed by atoms with Gasteiger partial charge >= 0.3 is 6.18 Å². The van der Waals surface area contributed by atoms with Crippen molar-refractivity contribution >= 4 is 11.4 Å². The second-order valence-electron chi connectivity index (χ2n) is 9.12. The highest BCUT2D eigenvalue weighted by Gasteiger charge is 2.37. The number of rotatable bonds is 7. The van der Waals surface area contributed by atoms with Crippen LogP contribution in [0, 0.1) is 0 Å². The zero-order valence-electron chi connectivity index (χ0n) is 21.1. The standard InChI is InChI=1S/C27H31F3N4O2/c1-6-21-24(32-23-18-11-9-8-10-16(18)14-22(23)36-7-2)26(35)34(5)25(31-21)19-13-12-17(33(3)4)15-20(19)27(28,29)30/h8-13,15,22-23,32H,6-7,14H2,1-5H3/t22-,23+/m0/s1. The molecule has 0 aliphatic heterocycles. The summed E-state index contributed by atoms with van der Waals surface area (Å²) in [6.45, 7) is 4.28. The predicted molar refractivity (Wildman–Crippen MR) is 136 cm³/mol. The molecule has 2 aromatic carbocycles. The smallest absolute Gasteiger partial charge is 0.378 e. The van der Waals surface area contributed by atoms with Crippen molar-refractivity contribution in [2.45, 2.75) is 45.0 Å². The van der Waals surface area contributed by atoms with Crippen LogP contribution < -0.4 is 15.8 Å². The van der Waals surface area contributed by atoms with Crippen molar-refractivity contribution in [2.24, 2.45) is 7.05 Å². The Bertz CT molecular complexity index is 1320. The Balaban J connectivity index is 1.83. The van der Waals surface area contributed by atoms with Crippen LogP contribution in [0.3, 0.4) is 0 Å². The lowest BCUT2D eigenvalue weighted by molar-refractivity contribution is -0.137. The molecule has 36 heavy (non-hydrogen) atoms. The molecule has 4 rings (SSSR count). The number of aromatic nitrogens is 2. The zero-order chi connectivity index (χ0) is 26.2. The summed E-state index contributed by atoms with van der Waals surface area (Å²) < 4.78 is 49.3. The van der Waals surface area contributed by atoms with E-state index in [0.717, 1.165) is 17.2 Å². The van der Waals surface area contributed by atoms with Gasteiger partial charge in [-0.2, -0.15) is 13.2 Å². The maximum atomic E-state index is 14.0. The first-order valence-electron chi connectivity index (χ1n) is 12.0. The molecular weight excluding hydrogens is 469 g/mol. The van der Waals surface area contributed by atoms with E-state index in [1.165, 1.54) is 17.7 Å². The van der Waals surface area contributed by atoms with Crippen molar-refractivity contribution < 1.29 is 17.9 Å². The highest BCUT2D eigenvalue weighted by atomic mass is 19.4. The van der Waals surface area contributed by atoms with Gasteiger partial charge in [0.2, 0.25) is 0 Å². The normalized spacial score (nSPS) is 17.2. The third kappa shape index (κ3) is 4.72. The van der Waals surface area contributed by atoms with Crippen molar-refractivity contribution in [1.29, 1.82) is 0 Å². The molecule has 0 fully saturated rings. The van der Waals surface area contributed by atoms with Crippen molar-refractivity contribution in [3.63, 3.8) is 0 Å². The van der Waals surface area contributed by atoms with Crippen LogP contribution in [0.15, 0.2) is 47.3 Å². The van der Waals surface area contributed by atoms with E-state index >= 15 is 0 Å². The predicted octanol–water partition coefficient (Wildman–Crippen LogP) is 5.21. The molecule has 1 N–H and O–H groups in total. The highest BCUT2D eigenvalue weighted by Crippen LogP contribution is 2.39. The van der Waals surface area contributed by atoms with Gasteiger partial charge in [0.25, 0.3) is 5.56 Å². The molecule has 2 atom stereocenters. The lowest BCUT2D eigenvalue weighted by atomic mass is 10.0. The van der Waals surface area contributed by atoms with Crippen LogP contribution in [0.25, 0.3) is 11.4 Å². The summed E-state index contributed by atoms with van der Waals surface area (Å²) in [7, 11) is 4.81. The molecule has 0 unspecified atom stereocenters. The molecule has 0 bridgehead atoms. The second kappa shape index (κ2) is 9.97. The Kier molecular flexibility index (Phi) is 7.13. The lowest BCUT2D eigenvalue weighted by Gasteiger charge is -2.25. The third-order valence-electron chi connectivity index (χ3n) is 6.63. The molecule has 0 amide bonds. The molecule has 0 saturated heterocycles. The molecule has 3 aromatic rings. The highest BCUT2D eigenvalue weighted by molar-refractivity contribution is 5.68. The topological polar surface area (TPSA) is 59.4 Å². The van der Waals surface area contributed by atoms with E-state index in [2.05, 4.69) is 10.3 Å². The maximum absolute atomic E-state index is 14.0. The number of hydrogen-bond donors (Lipinski definition) is 1. The van der Waals surface area contributed by atoms with Gasteiger partial charge in [0.15, 0.2) is 0 Å². The molecule has 9 heteroatoms. The number of aryl methyl sites for hydroxylation is 1. The van der Waals surface area contributed by atoms with Crippen molar-refractivity contribution in [2.75, 3.05) is 30.9 Å². The Hall–Kier alpha value is -3.33. The summed E-state index contributed by atoms with van der Waals surface area (Å²) in [6.07, 6.45) is -3.70. The SMILES string of the molecule is CCO[C@H]1Cc2ccccc2[C@H]1Nc1c(CC)nc(-c2ccc(N(C)C)cc2C(F)(F)F)n(C)c1=O. The Labute approximate surface area is 208 Å². The minimum atomic E-state index is -4.61. The minimum Gasteiger partial charge on any atom is -0.378 e. The number of halogens is 3. The zero-order valence-corrected chi connectivity index (χ0v) is 21.1. The molecule has 1 aliphatic carbocycles. The molecular formula is C27H31F3N4O2. The van der Waals surface area contributed by atoms with Crippen LogP contribution in [-0.4, -0.2) is 36.4 Å². The Morgan fingerprint density at radius 2 is 1.89 bits per heavy atom. The summed E-state index contributed by atoms with van der Waals surface area (Å²) in [4.78, 5) is 19.8. The third-order valence-corrected chi connectivity index (χ3v) is 6.63. The summed E-state index contributed by atoms with van der Waals surface area (Å²) >= 11 is 0. The summed E-state index contributed by atoms with van der Waals surface area (Å²) in [5, 5.41) is 3.36. The molecule has 1 heterocycles. The van der Waals surface area contributed by atoms with Gasteiger partial charge in [0, 0.05) is 45.4 Å².